The van der Waals surface area contributed by atoms with Gasteiger partial charge in [-0.3, -0.25) is 13.9 Å². The normalized spacial score (nSPS) is 18.6. The molecule has 5 heterocycles. The fourth-order valence-electron chi connectivity index (χ4n) is 4.54. The molecule has 1 amide bonds. The maximum Gasteiger partial charge on any atom is 0.394 e. The van der Waals surface area contributed by atoms with Crippen LogP contribution in [0, 0.1) is 0 Å². The van der Waals surface area contributed by atoms with E-state index in [2.05, 4.69) is 35.9 Å². The molecule has 0 unspecified atom stereocenters. The van der Waals surface area contributed by atoms with Crippen LogP contribution in [0.3, 0.4) is 0 Å². The maximum atomic E-state index is 14.7. The van der Waals surface area contributed by atoms with Gasteiger partial charge in [0.1, 0.15) is 16.9 Å². The second-order valence-electron chi connectivity index (χ2n) is 11.0. The Kier molecular flexibility index (Phi) is 7.72. The van der Waals surface area contributed by atoms with E-state index in [9.17, 15) is 22.4 Å². The molecule has 16 heteroatoms. The van der Waals surface area contributed by atoms with Crippen molar-refractivity contribution in [3.63, 3.8) is 0 Å². The highest BCUT2D eigenvalue weighted by Crippen LogP contribution is 2.33. The van der Waals surface area contributed by atoms with Crippen molar-refractivity contribution in [2.75, 3.05) is 25.5 Å². The highest BCUT2D eigenvalue weighted by Gasteiger charge is 2.34. The molecule has 2 N–H and O–H groups in total. The minimum absolute atomic E-state index is 0.0000751. The number of hydrogen-bond acceptors (Lipinski definition) is 9. The fourth-order valence-corrected chi connectivity index (χ4v) is 5.33. The van der Waals surface area contributed by atoms with Crippen LogP contribution in [0.5, 0.6) is 0 Å². The topological polar surface area (TPSA) is 118 Å². The van der Waals surface area contributed by atoms with Gasteiger partial charge in [-0.05, 0) is 34.2 Å². The van der Waals surface area contributed by atoms with Gasteiger partial charge in [-0.25, -0.2) is 14.4 Å². The van der Waals surface area contributed by atoms with Crippen LogP contribution >= 0.6 is 11.3 Å². The van der Waals surface area contributed by atoms with Gasteiger partial charge in [-0.15, -0.1) is 10.2 Å². The smallest absolute Gasteiger partial charge is 0.361 e. The molecule has 4 aromatic rings. The standard InChI is InChI=1S/C25H30F4N10OS/c1-24(2,3)39-12-14(10-32-39)22(40)31-11-18-35-36-23(41-18)19-17(9-25(27,28)29)38-8-6-30-20(21(38)34-19)33-16-5-7-37(4)13-15(16)26/h6,8,10,12,15-16H,5,7,9,11,13H2,1-4H3,(H,30,33)(H,31,40)/t15-,16+/m0/s1. The third kappa shape index (κ3) is 6.48. The lowest BCUT2D eigenvalue weighted by molar-refractivity contribution is -0.127. The van der Waals surface area contributed by atoms with E-state index < -0.39 is 24.8 Å². The molecule has 0 bridgehead atoms. The second kappa shape index (κ2) is 11.0. The summed E-state index contributed by atoms with van der Waals surface area (Å²) in [5, 5.41) is 18.7. The third-order valence-corrected chi connectivity index (χ3v) is 7.61. The molecule has 0 aromatic carbocycles. The molecule has 1 aliphatic heterocycles. The number of aromatic nitrogens is 7. The molecule has 0 radical (unpaired) electrons. The predicted molar refractivity (Wildman–Crippen MR) is 144 cm³/mol. The van der Waals surface area contributed by atoms with Gasteiger partial charge in [0.25, 0.3) is 5.91 Å². The summed E-state index contributed by atoms with van der Waals surface area (Å²) in [6.07, 6.45) is -0.630. The first kappa shape index (κ1) is 28.9. The summed E-state index contributed by atoms with van der Waals surface area (Å²) < 4.78 is 58.6. The van der Waals surface area contributed by atoms with Crippen LogP contribution in [0.15, 0.2) is 24.8 Å². The van der Waals surface area contributed by atoms with Crippen molar-refractivity contribution < 1.29 is 22.4 Å². The molecule has 4 aromatic heterocycles. The SMILES string of the molecule is CN1CC[C@@H](Nc2nccn3c(CC(F)(F)F)c(-c4nnc(CNC(=O)c5cnn(C(C)(C)C)c5)s4)nc23)[C@@H](F)C1. The van der Waals surface area contributed by atoms with Gasteiger partial charge < -0.3 is 15.5 Å². The van der Waals surface area contributed by atoms with Gasteiger partial charge >= 0.3 is 6.18 Å². The lowest BCUT2D eigenvalue weighted by Gasteiger charge is -2.32. The zero-order valence-electron chi connectivity index (χ0n) is 22.9. The van der Waals surface area contributed by atoms with Crippen molar-refractivity contribution in [3.05, 3.63) is 41.1 Å². The van der Waals surface area contributed by atoms with Gasteiger partial charge in [0, 0.05) is 31.7 Å². The lowest BCUT2D eigenvalue weighted by Crippen LogP contribution is -2.46. The van der Waals surface area contributed by atoms with Crippen LogP contribution in [-0.2, 0) is 18.5 Å². The molecule has 0 saturated carbocycles. The number of hydrogen-bond donors (Lipinski definition) is 2. The van der Waals surface area contributed by atoms with Crippen molar-refractivity contribution in [2.24, 2.45) is 0 Å². The quantitative estimate of drug-likeness (QED) is 0.311. The van der Waals surface area contributed by atoms with E-state index in [1.165, 1.54) is 23.0 Å². The van der Waals surface area contributed by atoms with Gasteiger partial charge in [0.2, 0.25) is 0 Å². The highest BCUT2D eigenvalue weighted by molar-refractivity contribution is 7.14. The number of imidazole rings is 1. The fraction of sp³-hybridized carbons (Fsp3) is 0.520. The average molecular weight is 595 g/mol. The molecule has 11 nitrogen and oxygen atoms in total. The van der Waals surface area contributed by atoms with Gasteiger partial charge in [-0.1, -0.05) is 11.3 Å². The number of carbonyl (C=O) groups is 1. The third-order valence-electron chi connectivity index (χ3n) is 6.68. The Balaban J connectivity index is 1.40. The molecule has 1 aliphatic rings. The highest BCUT2D eigenvalue weighted by atomic mass is 32.1. The van der Waals surface area contributed by atoms with E-state index in [0.29, 0.717) is 23.5 Å². The lowest BCUT2D eigenvalue weighted by atomic mass is 10.0. The Labute approximate surface area is 237 Å². The number of alkyl halides is 4. The van der Waals surface area contributed by atoms with Crippen molar-refractivity contribution in [3.8, 4) is 10.7 Å². The van der Waals surface area contributed by atoms with E-state index >= 15 is 0 Å². The molecule has 0 spiro atoms. The van der Waals surface area contributed by atoms with E-state index in [4.69, 9.17) is 0 Å². The number of fused-ring (bicyclic) bond motifs is 1. The molecule has 5 rings (SSSR count). The summed E-state index contributed by atoms with van der Waals surface area (Å²) in [6, 6.07) is -0.552. The molecule has 1 saturated heterocycles. The van der Waals surface area contributed by atoms with Crippen LogP contribution in [0.4, 0.5) is 23.4 Å². The van der Waals surface area contributed by atoms with Crippen LogP contribution in [0.2, 0.25) is 0 Å². The summed E-state index contributed by atoms with van der Waals surface area (Å²) in [6.45, 7) is 6.79. The number of halogens is 4. The molecule has 0 aliphatic carbocycles. The summed E-state index contributed by atoms with van der Waals surface area (Å²) in [5.74, 6) is -0.184. The zero-order chi connectivity index (χ0) is 29.5. The number of rotatable bonds is 7. The Morgan fingerprint density at radius 2 is 2.00 bits per heavy atom. The van der Waals surface area contributed by atoms with Crippen LogP contribution in [0.25, 0.3) is 16.3 Å². The van der Waals surface area contributed by atoms with Gasteiger partial charge in [0.15, 0.2) is 16.5 Å². The maximum absolute atomic E-state index is 14.7. The number of amides is 1. The summed E-state index contributed by atoms with van der Waals surface area (Å²) in [4.78, 5) is 23.2. The second-order valence-corrected chi connectivity index (χ2v) is 12.1. The molecule has 220 valence electrons. The van der Waals surface area contributed by atoms with Gasteiger partial charge in [-0.2, -0.15) is 18.3 Å². The number of piperidine rings is 1. The van der Waals surface area contributed by atoms with Crippen LogP contribution in [0.1, 0.15) is 48.3 Å². The summed E-state index contributed by atoms with van der Waals surface area (Å²) in [7, 11) is 1.83. The predicted octanol–water partition coefficient (Wildman–Crippen LogP) is 3.69. The largest absolute Gasteiger partial charge is 0.394 e. The number of likely N-dealkylation sites (tertiary alicyclic amines) is 1. The van der Waals surface area contributed by atoms with E-state index in [0.717, 1.165) is 11.3 Å². The first-order chi connectivity index (χ1) is 19.3. The van der Waals surface area contributed by atoms with E-state index in [1.807, 2.05) is 32.7 Å². The summed E-state index contributed by atoms with van der Waals surface area (Å²) >= 11 is 1.02. The van der Waals surface area contributed by atoms with Crippen molar-refractivity contribution in [1.82, 2.24) is 44.6 Å². The number of anilines is 1. The Hall–Kier alpha value is -3.66. The Bertz CT molecular complexity index is 1540. The zero-order valence-corrected chi connectivity index (χ0v) is 23.7. The monoisotopic (exact) mass is 594 g/mol. The van der Waals surface area contributed by atoms with Crippen molar-refractivity contribution in [2.45, 2.75) is 64.1 Å². The molecule has 2 atom stereocenters. The van der Waals surface area contributed by atoms with Crippen molar-refractivity contribution >= 4 is 28.7 Å². The van der Waals surface area contributed by atoms with E-state index in [1.54, 1.807) is 10.9 Å². The molecular formula is C25H30F4N10OS. The molecule has 1 fully saturated rings. The molecule has 41 heavy (non-hydrogen) atoms. The minimum atomic E-state index is -4.53. The first-order valence-corrected chi connectivity index (χ1v) is 13.8. The molecular weight excluding hydrogens is 564 g/mol. The van der Waals surface area contributed by atoms with E-state index in [-0.39, 0.29) is 52.4 Å². The Morgan fingerprint density at radius 1 is 1.22 bits per heavy atom. The first-order valence-electron chi connectivity index (χ1n) is 13.0. The Morgan fingerprint density at radius 3 is 2.68 bits per heavy atom. The van der Waals surface area contributed by atoms with Gasteiger partial charge in [0.05, 0.1) is 42.0 Å². The van der Waals surface area contributed by atoms with Crippen LogP contribution < -0.4 is 10.6 Å². The number of nitrogens with one attached hydrogen (secondary N) is 2. The van der Waals surface area contributed by atoms with Crippen LogP contribution in [-0.4, -0.2) is 83.7 Å². The summed E-state index contributed by atoms with van der Waals surface area (Å²) in [5.41, 5.74) is 0.0685. The van der Waals surface area contributed by atoms with Crippen molar-refractivity contribution in [1.29, 1.82) is 0 Å². The number of nitrogens with zero attached hydrogens (tertiary/aromatic N) is 8. The minimum Gasteiger partial charge on any atom is -0.361 e. The average Bonchev–Trinajstić information content (AvgIpc) is 3.63. The number of carbonyl (C=O) groups excluding carboxylic acids is 1.